The lowest BCUT2D eigenvalue weighted by molar-refractivity contribution is 0.877. The summed E-state index contributed by atoms with van der Waals surface area (Å²) in [5.41, 5.74) is 1.26. The summed E-state index contributed by atoms with van der Waals surface area (Å²) in [6, 6.07) is 21.0. The van der Waals surface area contributed by atoms with Crippen molar-refractivity contribution in [2.75, 3.05) is 5.32 Å². The molecule has 1 heterocycles. The number of benzene rings is 2. The highest BCUT2D eigenvalue weighted by molar-refractivity contribution is 5.91. The van der Waals surface area contributed by atoms with Gasteiger partial charge in [-0.1, -0.05) is 54.6 Å². The number of hydrogen-bond donors (Lipinski definition) is 1. The van der Waals surface area contributed by atoms with E-state index >= 15 is 0 Å². The van der Waals surface area contributed by atoms with Gasteiger partial charge in [0.15, 0.2) is 0 Å². The molecule has 3 aromatic rings. The van der Waals surface area contributed by atoms with E-state index in [0.29, 0.717) is 0 Å². The first-order valence-electron chi connectivity index (χ1n) is 6.50. The van der Waals surface area contributed by atoms with Crippen LogP contribution >= 0.6 is 0 Å². The average molecular weight is 248 g/mol. The normalized spacial score (nSPS) is 12.3. The van der Waals surface area contributed by atoms with Crippen LogP contribution in [0.1, 0.15) is 18.5 Å². The SMILES string of the molecule is C[C@H](Nc1nccc2ccccc12)c1ccccc1. The van der Waals surface area contributed by atoms with Gasteiger partial charge < -0.3 is 5.32 Å². The maximum Gasteiger partial charge on any atom is 0.134 e. The Morgan fingerprint density at radius 3 is 2.47 bits per heavy atom. The Bertz CT molecular complexity index is 672. The highest BCUT2D eigenvalue weighted by Crippen LogP contribution is 2.24. The minimum atomic E-state index is 0.236. The van der Waals surface area contributed by atoms with Gasteiger partial charge in [-0.25, -0.2) is 4.98 Å². The molecule has 2 heteroatoms. The molecule has 0 fully saturated rings. The highest BCUT2D eigenvalue weighted by atomic mass is 15.0. The molecule has 0 aliphatic heterocycles. The van der Waals surface area contributed by atoms with Gasteiger partial charge in [-0.3, -0.25) is 0 Å². The van der Waals surface area contributed by atoms with Gasteiger partial charge in [0.2, 0.25) is 0 Å². The van der Waals surface area contributed by atoms with E-state index in [4.69, 9.17) is 0 Å². The molecule has 0 unspecified atom stereocenters. The molecule has 19 heavy (non-hydrogen) atoms. The summed E-state index contributed by atoms with van der Waals surface area (Å²) in [6.07, 6.45) is 1.85. The largest absolute Gasteiger partial charge is 0.363 e. The molecule has 3 rings (SSSR count). The van der Waals surface area contributed by atoms with E-state index in [-0.39, 0.29) is 6.04 Å². The van der Waals surface area contributed by atoms with E-state index in [1.54, 1.807) is 0 Å². The van der Waals surface area contributed by atoms with Crippen LogP contribution in [0.5, 0.6) is 0 Å². The third kappa shape index (κ3) is 2.43. The minimum absolute atomic E-state index is 0.236. The lowest BCUT2D eigenvalue weighted by atomic mass is 10.1. The summed E-state index contributed by atoms with van der Waals surface area (Å²) < 4.78 is 0. The Morgan fingerprint density at radius 2 is 1.63 bits per heavy atom. The Labute approximate surface area is 113 Å². The number of nitrogens with one attached hydrogen (secondary N) is 1. The second-order valence-corrected chi connectivity index (χ2v) is 4.66. The van der Waals surface area contributed by atoms with E-state index in [1.165, 1.54) is 10.9 Å². The van der Waals surface area contributed by atoms with Crippen molar-refractivity contribution < 1.29 is 0 Å². The predicted octanol–water partition coefficient (Wildman–Crippen LogP) is 4.41. The fraction of sp³-hybridized carbons (Fsp3) is 0.118. The number of fused-ring (bicyclic) bond motifs is 1. The van der Waals surface area contributed by atoms with Gasteiger partial charge in [-0.05, 0) is 23.9 Å². The van der Waals surface area contributed by atoms with Crippen molar-refractivity contribution in [1.29, 1.82) is 0 Å². The number of anilines is 1. The van der Waals surface area contributed by atoms with Crippen molar-refractivity contribution in [3.63, 3.8) is 0 Å². The maximum atomic E-state index is 4.46. The van der Waals surface area contributed by atoms with Crippen LogP contribution in [0, 0.1) is 0 Å². The van der Waals surface area contributed by atoms with Gasteiger partial charge >= 0.3 is 0 Å². The summed E-state index contributed by atoms with van der Waals surface area (Å²) in [5.74, 6) is 0.939. The molecule has 2 aromatic carbocycles. The topological polar surface area (TPSA) is 24.9 Å². The van der Waals surface area contributed by atoms with E-state index in [2.05, 4.69) is 53.6 Å². The quantitative estimate of drug-likeness (QED) is 0.742. The minimum Gasteiger partial charge on any atom is -0.363 e. The average Bonchev–Trinajstić information content (AvgIpc) is 2.48. The first-order valence-corrected chi connectivity index (χ1v) is 6.50. The van der Waals surface area contributed by atoms with E-state index < -0.39 is 0 Å². The van der Waals surface area contributed by atoms with Crippen LogP contribution < -0.4 is 5.32 Å². The summed E-state index contributed by atoms with van der Waals surface area (Å²) in [6.45, 7) is 2.15. The zero-order valence-corrected chi connectivity index (χ0v) is 10.9. The van der Waals surface area contributed by atoms with Crippen LogP contribution in [0.4, 0.5) is 5.82 Å². The molecule has 0 spiro atoms. The molecule has 94 valence electrons. The highest BCUT2D eigenvalue weighted by Gasteiger charge is 2.07. The molecule has 0 amide bonds. The van der Waals surface area contributed by atoms with Crippen molar-refractivity contribution in [1.82, 2.24) is 4.98 Å². The van der Waals surface area contributed by atoms with Gasteiger partial charge in [-0.2, -0.15) is 0 Å². The molecule has 1 atom stereocenters. The fourth-order valence-electron chi connectivity index (χ4n) is 2.26. The summed E-state index contributed by atoms with van der Waals surface area (Å²) >= 11 is 0. The van der Waals surface area contributed by atoms with Crippen LogP contribution in [0.15, 0.2) is 66.9 Å². The standard InChI is InChI=1S/C17H16N2/c1-13(14-7-3-2-4-8-14)19-17-16-10-6-5-9-15(16)11-12-18-17/h2-13H,1H3,(H,18,19)/t13-/m0/s1. The predicted molar refractivity (Wildman–Crippen MR) is 80.2 cm³/mol. The van der Waals surface area contributed by atoms with Crippen LogP contribution in [0.3, 0.4) is 0 Å². The molecule has 2 nitrogen and oxygen atoms in total. The number of rotatable bonds is 3. The second kappa shape index (κ2) is 5.11. The fourth-order valence-corrected chi connectivity index (χ4v) is 2.26. The number of pyridine rings is 1. The van der Waals surface area contributed by atoms with Gasteiger partial charge in [0.05, 0.1) is 0 Å². The third-order valence-electron chi connectivity index (χ3n) is 3.33. The Kier molecular flexibility index (Phi) is 3.15. The molecule has 0 saturated carbocycles. The number of nitrogens with zero attached hydrogens (tertiary/aromatic N) is 1. The first kappa shape index (κ1) is 11.7. The van der Waals surface area contributed by atoms with Crippen LogP contribution in [-0.4, -0.2) is 4.98 Å². The van der Waals surface area contributed by atoms with Crippen LogP contribution in [-0.2, 0) is 0 Å². The zero-order chi connectivity index (χ0) is 13.1. The van der Waals surface area contributed by atoms with Gasteiger partial charge in [-0.15, -0.1) is 0 Å². The van der Waals surface area contributed by atoms with Crippen molar-refractivity contribution in [2.45, 2.75) is 13.0 Å². The lowest BCUT2D eigenvalue weighted by Crippen LogP contribution is -2.07. The molecule has 0 saturated heterocycles. The Hall–Kier alpha value is -2.35. The van der Waals surface area contributed by atoms with Gasteiger partial charge in [0.25, 0.3) is 0 Å². The molecule has 1 aromatic heterocycles. The van der Waals surface area contributed by atoms with E-state index in [0.717, 1.165) is 11.2 Å². The van der Waals surface area contributed by atoms with Gasteiger partial charge in [0.1, 0.15) is 5.82 Å². The van der Waals surface area contributed by atoms with Crippen molar-refractivity contribution in [2.24, 2.45) is 0 Å². The van der Waals surface area contributed by atoms with Crippen molar-refractivity contribution in [3.05, 3.63) is 72.4 Å². The van der Waals surface area contributed by atoms with Crippen LogP contribution in [0.2, 0.25) is 0 Å². The molecule has 0 radical (unpaired) electrons. The monoisotopic (exact) mass is 248 g/mol. The van der Waals surface area contributed by atoms with Gasteiger partial charge in [0, 0.05) is 17.6 Å². The van der Waals surface area contributed by atoms with Crippen molar-refractivity contribution >= 4 is 16.6 Å². The summed E-state index contributed by atoms with van der Waals surface area (Å²) in [4.78, 5) is 4.46. The third-order valence-corrected chi connectivity index (χ3v) is 3.33. The molecule has 0 aliphatic carbocycles. The van der Waals surface area contributed by atoms with E-state index in [1.807, 2.05) is 30.5 Å². The lowest BCUT2D eigenvalue weighted by Gasteiger charge is -2.16. The molecular weight excluding hydrogens is 232 g/mol. The zero-order valence-electron chi connectivity index (χ0n) is 10.9. The first-order chi connectivity index (χ1) is 9.34. The number of hydrogen-bond acceptors (Lipinski definition) is 2. The molecule has 0 bridgehead atoms. The Morgan fingerprint density at radius 1 is 0.895 bits per heavy atom. The maximum absolute atomic E-state index is 4.46. The Balaban J connectivity index is 1.94. The molecule has 1 N–H and O–H groups in total. The summed E-state index contributed by atoms with van der Waals surface area (Å²) in [7, 11) is 0. The molecular formula is C17H16N2. The second-order valence-electron chi connectivity index (χ2n) is 4.66. The van der Waals surface area contributed by atoms with Crippen LogP contribution in [0.25, 0.3) is 10.8 Å². The number of aromatic nitrogens is 1. The molecule has 0 aliphatic rings. The van der Waals surface area contributed by atoms with Crippen molar-refractivity contribution in [3.8, 4) is 0 Å². The van der Waals surface area contributed by atoms with E-state index in [9.17, 15) is 0 Å². The summed E-state index contributed by atoms with van der Waals surface area (Å²) in [5, 5.41) is 5.86. The smallest absolute Gasteiger partial charge is 0.134 e.